The van der Waals surface area contributed by atoms with E-state index in [0.29, 0.717) is 5.92 Å². The summed E-state index contributed by atoms with van der Waals surface area (Å²) in [5.74, 6) is 0.716. The van der Waals surface area contributed by atoms with Gasteiger partial charge in [-0.05, 0) is 95.0 Å². The zero-order valence-corrected chi connectivity index (χ0v) is 29.0. The van der Waals surface area contributed by atoms with Crippen LogP contribution in [-0.4, -0.2) is 8.07 Å². The van der Waals surface area contributed by atoms with Crippen molar-refractivity contribution in [3.63, 3.8) is 0 Å². The summed E-state index contributed by atoms with van der Waals surface area (Å²) in [7, 11) is -2.00. The van der Waals surface area contributed by atoms with Gasteiger partial charge in [-0.3, -0.25) is 0 Å². The van der Waals surface area contributed by atoms with Crippen LogP contribution in [0.15, 0.2) is 102 Å². The first kappa shape index (κ1) is 28.5. The van der Waals surface area contributed by atoms with Gasteiger partial charge in [0.1, 0.15) is 8.07 Å². The molecule has 2 aliphatic carbocycles. The van der Waals surface area contributed by atoms with Gasteiger partial charge in [0.05, 0.1) is 0 Å². The van der Waals surface area contributed by atoms with Gasteiger partial charge in [0, 0.05) is 12.3 Å². The molecule has 1 radical (unpaired) electrons. The fraction of sp³-hybridized carbons (Fsp3) is 0.250. The molecule has 0 saturated heterocycles. The zero-order chi connectivity index (χ0) is 31.4. The number of fused-ring (bicyclic) bond motifs is 3. The Kier molecular flexibility index (Phi) is 6.20. The van der Waals surface area contributed by atoms with Crippen LogP contribution < -0.4 is 5.19 Å². The van der Waals surface area contributed by atoms with Crippen LogP contribution in [0, 0.1) is 12.3 Å². The van der Waals surface area contributed by atoms with Crippen molar-refractivity contribution in [2.75, 3.05) is 0 Å². The largest absolute Gasteiger partial charge is 0.114 e. The quantitative estimate of drug-likeness (QED) is 0.180. The minimum atomic E-state index is -2.00. The summed E-state index contributed by atoms with van der Waals surface area (Å²) in [4.78, 5) is 0. The van der Waals surface area contributed by atoms with Crippen LogP contribution in [0.4, 0.5) is 0 Å². The SMILES string of the molecule is CC1=C2c3c(cc(C4C(C(C)C)=Cc5c(-c6ccc(C(C)(C)C)cc6)cccc54)c(c3-c3cccc4ccccc34)[Si]2(C)C)[CH]1. The standard InChI is InChI=1S/C44H43Si/c1-26(2)36-25-37-33(29-19-21-31(22-20-29)44(4,5)6)16-12-18-35(37)40(36)38-24-30-23-27(3)42-39(30)41(43(38)45(42,7)8)34-17-11-14-28-13-9-10-15-32(28)34/h9-26,40H,1-8H3. The molecule has 0 fully saturated rings. The molecule has 1 heteroatoms. The Labute approximate surface area is 270 Å². The summed E-state index contributed by atoms with van der Waals surface area (Å²) in [6, 6.07) is 34.8. The van der Waals surface area contributed by atoms with Crippen LogP contribution in [-0.2, 0) is 5.41 Å². The van der Waals surface area contributed by atoms with Gasteiger partial charge in [-0.1, -0.05) is 156 Å². The first-order chi connectivity index (χ1) is 21.5. The summed E-state index contributed by atoms with van der Waals surface area (Å²) in [6.45, 7) is 19.2. The van der Waals surface area contributed by atoms with Gasteiger partial charge in [-0.25, -0.2) is 0 Å². The van der Waals surface area contributed by atoms with Crippen LogP contribution in [0.3, 0.4) is 0 Å². The Balaban J connectivity index is 1.39. The molecular weight excluding hydrogens is 557 g/mol. The van der Waals surface area contributed by atoms with E-state index in [4.69, 9.17) is 0 Å². The van der Waals surface area contributed by atoms with E-state index in [2.05, 4.69) is 158 Å². The van der Waals surface area contributed by atoms with Crippen molar-refractivity contribution in [3.05, 3.63) is 142 Å². The molecule has 0 amide bonds. The van der Waals surface area contributed by atoms with Crippen LogP contribution in [0.5, 0.6) is 0 Å². The van der Waals surface area contributed by atoms with E-state index < -0.39 is 8.07 Å². The fourth-order valence-electron chi connectivity index (χ4n) is 8.83. The fourth-order valence-corrected chi connectivity index (χ4v) is 12.9. The van der Waals surface area contributed by atoms with Crippen molar-refractivity contribution in [1.82, 2.24) is 0 Å². The third kappa shape index (κ3) is 4.09. The highest BCUT2D eigenvalue weighted by atomic mass is 28.3. The summed E-state index contributed by atoms with van der Waals surface area (Å²) in [5, 5.41) is 6.00. The molecule has 8 rings (SSSR count). The molecule has 5 aromatic rings. The highest BCUT2D eigenvalue weighted by Crippen LogP contribution is 2.55. The average molecular weight is 600 g/mol. The number of hydrogen-bond acceptors (Lipinski definition) is 0. The third-order valence-corrected chi connectivity index (χ3v) is 14.5. The van der Waals surface area contributed by atoms with Gasteiger partial charge in [-0.2, -0.15) is 0 Å². The number of hydrogen-bond donors (Lipinski definition) is 0. The number of allylic oxidation sites excluding steroid dienone is 2. The maximum atomic E-state index is 2.61. The monoisotopic (exact) mass is 599 g/mol. The normalized spacial score (nSPS) is 17.9. The van der Waals surface area contributed by atoms with E-state index in [1.54, 1.807) is 21.5 Å². The van der Waals surface area contributed by atoms with E-state index >= 15 is 0 Å². The molecular formula is C44H43Si. The van der Waals surface area contributed by atoms with Gasteiger partial charge in [0.15, 0.2) is 0 Å². The molecule has 1 heterocycles. The summed E-state index contributed by atoms with van der Waals surface area (Å²) >= 11 is 0. The number of rotatable bonds is 4. The van der Waals surface area contributed by atoms with E-state index in [-0.39, 0.29) is 11.3 Å². The van der Waals surface area contributed by atoms with Gasteiger partial charge in [0.25, 0.3) is 0 Å². The van der Waals surface area contributed by atoms with Crippen LogP contribution >= 0.6 is 0 Å². The lowest BCUT2D eigenvalue weighted by atomic mass is 9.80. The second kappa shape index (κ2) is 9.78. The molecule has 3 aliphatic rings. The Morgan fingerprint density at radius 3 is 2.16 bits per heavy atom. The smallest absolute Gasteiger partial charge is 0.0646 e. The second-order valence-corrected chi connectivity index (χ2v) is 19.7. The first-order valence-electron chi connectivity index (χ1n) is 16.7. The van der Waals surface area contributed by atoms with E-state index in [1.165, 1.54) is 66.4 Å². The lowest BCUT2D eigenvalue weighted by Gasteiger charge is -2.30. The van der Waals surface area contributed by atoms with Gasteiger partial charge in [0.2, 0.25) is 0 Å². The molecule has 0 aromatic heterocycles. The van der Waals surface area contributed by atoms with Crippen molar-refractivity contribution >= 4 is 35.3 Å². The maximum absolute atomic E-state index is 2.61. The lowest BCUT2D eigenvalue weighted by molar-refractivity contribution is 0.590. The first-order valence-corrected chi connectivity index (χ1v) is 19.7. The summed E-state index contributed by atoms with van der Waals surface area (Å²) in [5.41, 5.74) is 17.5. The van der Waals surface area contributed by atoms with Crippen LogP contribution in [0.2, 0.25) is 13.1 Å². The molecule has 0 spiro atoms. The molecule has 1 unspecified atom stereocenters. The molecule has 0 nitrogen and oxygen atoms in total. The van der Waals surface area contributed by atoms with Crippen molar-refractivity contribution in [2.24, 2.45) is 5.92 Å². The van der Waals surface area contributed by atoms with Gasteiger partial charge < -0.3 is 0 Å². The maximum Gasteiger partial charge on any atom is 0.114 e. The van der Waals surface area contributed by atoms with Crippen molar-refractivity contribution in [1.29, 1.82) is 0 Å². The Morgan fingerprint density at radius 1 is 0.733 bits per heavy atom. The molecule has 1 aliphatic heterocycles. The molecule has 0 N–H and O–H groups in total. The molecule has 0 saturated carbocycles. The predicted molar refractivity (Wildman–Crippen MR) is 198 cm³/mol. The summed E-state index contributed by atoms with van der Waals surface area (Å²) in [6.07, 6.45) is 5.04. The van der Waals surface area contributed by atoms with Crippen molar-refractivity contribution < 1.29 is 0 Å². The highest BCUT2D eigenvalue weighted by molar-refractivity contribution is 7.08. The van der Waals surface area contributed by atoms with E-state index in [0.717, 1.165) is 0 Å². The molecule has 5 aromatic carbocycles. The van der Waals surface area contributed by atoms with Gasteiger partial charge >= 0.3 is 0 Å². The van der Waals surface area contributed by atoms with Crippen molar-refractivity contribution in [3.8, 4) is 22.3 Å². The third-order valence-electron chi connectivity index (χ3n) is 10.8. The lowest BCUT2D eigenvalue weighted by Crippen LogP contribution is -2.42. The summed E-state index contributed by atoms with van der Waals surface area (Å²) < 4.78 is 0. The molecule has 223 valence electrons. The minimum absolute atomic E-state index is 0.144. The molecule has 45 heavy (non-hydrogen) atoms. The van der Waals surface area contributed by atoms with Gasteiger partial charge in [-0.15, -0.1) is 0 Å². The van der Waals surface area contributed by atoms with E-state index in [1.807, 2.05) is 0 Å². The Bertz CT molecular complexity index is 2100. The molecule has 2 bridgehead atoms. The predicted octanol–water partition coefficient (Wildman–Crippen LogP) is 11.5. The van der Waals surface area contributed by atoms with E-state index in [9.17, 15) is 0 Å². The topological polar surface area (TPSA) is 0 Å². The zero-order valence-electron chi connectivity index (χ0n) is 28.0. The number of benzene rings is 5. The highest BCUT2D eigenvalue weighted by Gasteiger charge is 2.49. The van der Waals surface area contributed by atoms with Crippen LogP contribution in [0.25, 0.3) is 44.3 Å². The second-order valence-electron chi connectivity index (χ2n) is 15.4. The Morgan fingerprint density at radius 2 is 1.42 bits per heavy atom. The Hall–Kier alpha value is -3.94. The van der Waals surface area contributed by atoms with Crippen molar-refractivity contribution in [2.45, 2.75) is 66.0 Å². The molecule has 1 atom stereocenters. The average Bonchev–Trinajstić information content (AvgIpc) is 3.62. The minimum Gasteiger partial charge on any atom is -0.0646 e. The van der Waals surface area contributed by atoms with Crippen LogP contribution in [0.1, 0.15) is 80.8 Å².